The number of carbonyl (C=O) groups is 1. The Kier molecular flexibility index (Phi) is 6.76. The summed E-state index contributed by atoms with van der Waals surface area (Å²) in [5.74, 6) is 1.99. The minimum atomic E-state index is -0.813. The zero-order valence-corrected chi connectivity index (χ0v) is 16.3. The van der Waals surface area contributed by atoms with Gasteiger partial charge >= 0.3 is 6.03 Å². The van der Waals surface area contributed by atoms with E-state index in [0.29, 0.717) is 23.6 Å². The minimum Gasteiger partial charge on any atom is -0.493 e. The molecular weight excluding hydrogens is 372 g/mol. The van der Waals surface area contributed by atoms with Crippen LogP contribution >= 0.6 is 0 Å². The van der Waals surface area contributed by atoms with Gasteiger partial charge in [0.1, 0.15) is 5.76 Å². The molecule has 1 atom stereocenters. The lowest BCUT2D eigenvalue weighted by Gasteiger charge is -2.14. The molecule has 1 aromatic heterocycles. The van der Waals surface area contributed by atoms with Crippen LogP contribution in [0.1, 0.15) is 17.2 Å². The van der Waals surface area contributed by atoms with Crippen molar-refractivity contribution in [2.45, 2.75) is 12.6 Å². The van der Waals surface area contributed by atoms with Crippen LogP contribution in [0.2, 0.25) is 0 Å². The van der Waals surface area contributed by atoms with E-state index in [1.54, 1.807) is 32.6 Å². The Morgan fingerprint density at radius 3 is 2.45 bits per heavy atom. The van der Waals surface area contributed by atoms with Crippen molar-refractivity contribution in [1.82, 2.24) is 10.6 Å². The van der Waals surface area contributed by atoms with Crippen molar-refractivity contribution in [3.63, 3.8) is 0 Å². The summed E-state index contributed by atoms with van der Waals surface area (Å²) in [5, 5.41) is 15.7. The minimum absolute atomic E-state index is 0.0951. The summed E-state index contributed by atoms with van der Waals surface area (Å²) in [6.07, 6.45) is 0.801. The number of furan rings is 1. The molecule has 0 saturated carbocycles. The van der Waals surface area contributed by atoms with Crippen molar-refractivity contribution in [2.75, 3.05) is 20.8 Å². The quantitative estimate of drug-likeness (QED) is 0.542. The molecule has 152 valence electrons. The van der Waals surface area contributed by atoms with Crippen LogP contribution in [0.4, 0.5) is 4.79 Å². The van der Waals surface area contributed by atoms with E-state index in [9.17, 15) is 9.90 Å². The first-order valence-electron chi connectivity index (χ1n) is 9.15. The Bertz CT molecular complexity index is 923. The standard InChI is InChI=1S/C22H24N2O5/c1-27-20-10-5-15(12-21(20)28-2)13-23-22(26)24-14-18(25)16-6-8-17(9-7-16)19-4-3-11-29-19/h3-12,18,25H,13-14H2,1-2H3,(H2,23,24,26). The number of hydrogen-bond acceptors (Lipinski definition) is 5. The average Bonchev–Trinajstić information content (AvgIpc) is 3.30. The molecule has 0 aliphatic heterocycles. The van der Waals surface area contributed by atoms with E-state index in [1.165, 1.54) is 0 Å². The van der Waals surface area contributed by atoms with Gasteiger partial charge in [0.15, 0.2) is 11.5 Å². The second kappa shape index (κ2) is 9.66. The van der Waals surface area contributed by atoms with Crippen molar-refractivity contribution >= 4 is 6.03 Å². The Morgan fingerprint density at radius 1 is 1.03 bits per heavy atom. The highest BCUT2D eigenvalue weighted by Gasteiger charge is 2.11. The van der Waals surface area contributed by atoms with Gasteiger partial charge < -0.3 is 29.6 Å². The lowest BCUT2D eigenvalue weighted by atomic mass is 10.1. The topological polar surface area (TPSA) is 93.0 Å². The van der Waals surface area contributed by atoms with Crippen LogP contribution in [0, 0.1) is 0 Å². The average molecular weight is 396 g/mol. The number of ether oxygens (including phenoxy) is 2. The van der Waals surface area contributed by atoms with Gasteiger partial charge in [-0.2, -0.15) is 0 Å². The Balaban J connectivity index is 1.47. The van der Waals surface area contributed by atoms with Crippen LogP contribution in [0.15, 0.2) is 65.3 Å². The fourth-order valence-corrected chi connectivity index (χ4v) is 2.86. The molecule has 1 heterocycles. The Labute approximate surface area is 169 Å². The van der Waals surface area contributed by atoms with Gasteiger partial charge in [-0.25, -0.2) is 4.79 Å². The number of benzene rings is 2. The molecule has 0 saturated heterocycles. The van der Waals surface area contributed by atoms with Gasteiger partial charge in [-0.15, -0.1) is 0 Å². The number of amides is 2. The molecule has 0 fully saturated rings. The summed E-state index contributed by atoms with van der Waals surface area (Å²) in [7, 11) is 3.13. The van der Waals surface area contributed by atoms with Crippen LogP contribution < -0.4 is 20.1 Å². The summed E-state index contributed by atoms with van der Waals surface area (Å²) in [4.78, 5) is 12.0. The molecular formula is C22H24N2O5. The van der Waals surface area contributed by atoms with Gasteiger partial charge in [0.05, 0.1) is 26.6 Å². The van der Waals surface area contributed by atoms with Crippen LogP contribution in [0.25, 0.3) is 11.3 Å². The molecule has 2 aromatic carbocycles. The molecule has 0 aliphatic carbocycles. The number of urea groups is 1. The maximum atomic E-state index is 12.0. The predicted molar refractivity (Wildman–Crippen MR) is 109 cm³/mol. The zero-order chi connectivity index (χ0) is 20.6. The van der Waals surface area contributed by atoms with Crippen LogP contribution in [-0.4, -0.2) is 31.9 Å². The molecule has 3 rings (SSSR count). The molecule has 0 aliphatic rings. The molecule has 7 heteroatoms. The van der Waals surface area contributed by atoms with Crippen molar-refractivity contribution in [2.24, 2.45) is 0 Å². The highest BCUT2D eigenvalue weighted by Crippen LogP contribution is 2.27. The van der Waals surface area contributed by atoms with Gasteiger partial charge in [0.2, 0.25) is 0 Å². The first-order valence-corrected chi connectivity index (χ1v) is 9.15. The van der Waals surface area contributed by atoms with Crippen molar-refractivity contribution in [3.8, 4) is 22.8 Å². The van der Waals surface area contributed by atoms with Gasteiger partial charge in [-0.3, -0.25) is 0 Å². The predicted octanol–water partition coefficient (Wildman–Crippen LogP) is 3.50. The van der Waals surface area contributed by atoms with Crippen molar-refractivity contribution < 1.29 is 23.8 Å². The molecule has 3 N–H and O–H groups in total. The van der Waals surface area contributed by atoms with E-state index in [2.05, 4.69) is 10.6 Å². The van der Waals surface area contributed by atoms with Gasteiger partial charge in [-0.1, -0.05) is 30.3 Å². The number of rotatable bonds is 8. The number of aliphatic hydroxyl groups excluding tert-OH is 1. The van der Waals surface area contributed by atoms with E-state index in [4.69, 9.17) is 13.9 Å². The summed E-state index contributed by atoms with van der Waals surface area (Å²) in [5.41, 5.74) is 2.50. The third-order valence-corrected chi connectivity index (χ3v) is 4.46. The van der Waals surface area contributed by atoms with E-state index < -0.39 is 6.10 Å². The highest BCUT2D eigenvalue weighted by atomic mass is 16.5. The molecule has 2 amide bonds. The van der Waals surface area contributed by atoms with E-state index in [1.807, 2.05) is 42.5 Å². The Morgan fingerprint density at radius 2 is 1.79 bits per heavy atom. The third-order valence-electron chi connectivity index (χ3n) is 4.46. The number of nitrogens with one attached hydrogen (secondary N) is 2. The molecule has 0 spiro atoms. The lowest BCUT2D eigenvalue weighted by Crippen LogP contribution is -2.37. The van der Waals surface area contributed by atoms with Gasteiger partial charge in [0.25, 0.3) is 0 Å². The molecule has 3 aromatic rings. The molecule has 1 unspecified atom stereocenters. The van der Waals surface area contributed by atoms with Gasteiger partial charge in [0, 0.05) is 18.7 Å². The number of hydrogen-bond donors (Lipinski definition) is 3. The first kappa shape index (κ1) is 20.3. The largest absolute Gasteiger partial charge is 0.493 e. The van der Waals surface area contributed by atoms with E-state index in [0.717, 1.165) is 16.9 Å². The second-order valence-corrected chi connectivity index (χ2v) is 6.37. The summed E-state index contributed by atoms with van der Waals surface area (Å²) in [6.45, 7) is 0.415. The summed E-state index contributed by atoms with van der Waals surface area (Å²) >= 11 is 0. The summed E-state index contributed by atoms with van der Waals surface area (Å²) in [6, 6.07) is 16.1. The SMILES string of the molecule is COc1ccc(CNC(=O)NCC(O)c2ccc(-c3ccco3)cc2)cc1OC. The monoisotopic (exact) mass is 396 g/mol. The first-order chi connectivity index (χ1) is 14.1. The highest BCUT2D eigenvalue weighted by molar-refractivity contribution is 5.73. The van der Waals surface area contributed by atoms with Crippen molar-refractivity contribution in [3.05, 3.63) is 72.0 Å². The number of aliphatic hydroxyl groups is 1. The molecule has 0 radical (unpaired) electrons. The van der Waals surface area contributed by atoms with E-state index in [-0.39, 0.29) is 12.6 Å². The lowest BCUT2D eigenvalue weighted by molar-refractivity contribution is 0.173. The second-order valence-electron chi connectivity index (χ2n) is 6.37. The molecule has 0 bridgehead atoms. The smallest absolute Gasteiger partial charge is 0.315 e. The maximum absolute atomic E-state index is 12.0. The molecule has 7 nitrogen and oxygen atoms in total. The summed E-state index contributed by atoms with van der Waals surface area (Å²) < 4.78 is 15.8. The zero-order valence-electron chi connectivity index (χ0n) is 16.3. The van der Waals surface area contributed by atoms with Crippen LogP contribution in [0.5, 0.6) is 11.5 Å². The van der Waals surface area contributed by atoms with Crippen LogP contribution in [0.3, 0.4) is 0 Å². The maximum Gasteiger partial charge on any atom is 0.315 e. The normalized spacial score (nSPS) is 11.6. The van der Waals surface area contributed by atoms with Crippen LogP contribution in [-0.2, 0) is 6.54 Å². The van der Waals surface area contributed by atoms with Gasteiger partial charge in [-0.05, 0) is 35.4 Å². The van der Waals surface area contributed by atoms with Crippen molar-refractivity contribution in [1.29, 1.82) is 0 Å². The number of methoxy groups -OCH3 is 2. The fraction of sp³-hybridized carbons (Fsp3) is 0.227. The van der Waals surface area contributed by atoms with E-state index >= 15 is 0 Å². The third kappa shape index (κ3) is 5.30. The number of carbonyl (C=O) groups excluding carboxylic acids is 1. The fourth-order valence-electron chi connectivity index (χ4n) is 2.86. The Hall–Kier alpha value is -3.45. The molecule has 29 heavy (non-hydrogen) atoms.